The van der Waals surface area contributed by atoms with Crippen LogP contribution < -0.4 is 16.4 Å². The van der Waals surface area contributed by atoms with Gasteiger partial charge < -0.3 is 31.1 Å². The molecule has 1 saturated carbocycles. The fraction of sp³-hybridized carbons (Fsp3) is 0.630. The quantitative estimate of drug-likeness (QED) is 0.353. The summed E-state index contributed by atoms with van der Waals surface area (Å²) in [5.74, 6) is -1.92. The van der Waals surface area contributed by atoms with Crippen LogP contribution in [-0.4, -0.2) is 57.5 Å². The Kier molecular flexibility index (Phi) is 9.94. The molecular weight excluding hydrogens is 476 g/mol. The van der Waals surface area contributed by atoms with Crippen LogP contribution in [0.25, 0.3) is 0 Å². The van der Waals surface area contributed by atoms with Crippen LogP contribution in [0, 0.1) is 12.8 Å². The number of nitrogens with one attached hydrogen (secondary N) is 2. The van der Waals surface area contributed by atoms with E-state index >= 15 is 0 Å². The van der Waals surface area contributed by atoms with Gasteiger partial charge in [-0.05, 0) is 58.9 Å². The highest BCUT2D eigenvalue weighted by Crippen LogP contribution is 2.43. The molecule has 5 N–H and O–H groups in total. The molecule has 0 heterocycles. The Morgan fingerprint density at radius 3 is 2.35 bits per heavy atom. The highest BCUT2D eigenvalue weighted by molar-refractivity contribution is 5.95. The summed E-state index contributed by atoms with van der Waals surface area (Å²) >= 11 is 0. The SMILES string of the molecule is CCCC(C)NC(=O)C(c1cccc(C)c1O)N(C(=O)C(CC(N)=O)NC(=O)OC(C)(C)C)C1CC1C. The van der Waals surface area contributed by atoms with Crippen molar-refractivity contribution in [2.45, 2.75) is 104 Å². The molecule has 5 unspecified atom stereocenters. The van der Waals surface area contributed by atoms with Gasteiger partial charge in [0.05, 0.1) is 6.42 Å². The van der Waals surface area contributed by atoms with E-state index in [-0.39, 0.29) is 29.3 Å². The summed E-state index contributed by atoms with van der Waals surface area (Å²) < 4.78 is 5.29. The molecule has 0 saturated heterocycles. The largest absolute Gasteiger partial charge is 0.507 e. The number of carbonyl (C=O) groups excluding carboxylic acids is 4. The highest BCUT2D eigenvalue weighted by atomic mass is 16.6. The second-order valence-corrected chi connectivity index (χ2v) is 11.0. The fourth-order valence-corrected chi connectivity index (χ4v) is 4.35. The first-order valence-electron chi connectivity index (χ1n) is 12.8. The molecule has 10 nitrogen and oxygen atoms in total. The number of ether oxygens (including phenoxy) is 1. The zero-order chi connectivity index (χ0) is 28.1. The van der Waals surface area contributed by atoms with E-state index in [1.165, 1.54) is 4.90 Å². The van der Waals surface area contributed by atoms with Crippen molar-refractivity contribution in [3.8, 4) is 5.75 Å². The number of hydrogen-bond acceptors (Lipinski definition) is 6. The lowest BCUT2D eigenvalue weighted by Crippen LogP contribution is -2.55. The van der Waals surface area contributed by atoms with E-state index in [9.17, 15) is 24.3 Å². The van der Waals surface area contributed by atoms with Gasteiger partial charge in [-0.1, -0.05) is 38.5 Å². The summed E-state index contributed by atoms with van der Waals surface area (Å²) in [5.41, 5.74) is 5.41. The van der Waals surface area contributed by atoms with Gasteiger partial charge in [-0.15, -0.1) is 0 Å². The van der Waals surface area contributed by atoms with Gasteiger partial charge in [-0.3, -0.25) is 14.4 Å². The number of nitrogens with zero attached hydrogens (tertiary/aromatic N) is 1. The first-order chi connectivity index (χ1) is 17.2. The highest BCUT2D eigenvalue weighted by Gasteiger charge is 2.49. The van der Waals surface area contributed by atoms with E-state index in [2.05, 4.69) is 10.6 Å². The van der Waals surface area contributed by atoms with Crippen molar-refractivity contribution in [2.24, 2.45) is 11.7 Å². The molecule has 0 aromatic heterocycles. The van der Waals surface area contributed by atoms with Gasteiger partial charge in [-0.2, -0.15) is 0 Å². The minimum atomic E-state index is -1.35. The summed E-state index contributed by atoms with van der Waals surface area (Å²) in [6.45, 7) is 12.6. The van der Waals surface area contributed by atoms with E-state index < -0.39 is 47.9 Å². The number of hydrogen-bond donors (Lipinski definition) is 4. The van der Waals surface area contributed by atoms with Crippen LogP contribution in [0.15, 0.2) is 18.2 Å². The molecule has 1 fully saturated rings. The number of alkyl carbamates (subject to hydrolysis) is 1. The standard InChI is InChI=1S/C27H42N4O6/c1-8-10-17(4)29-24(34)22(18-12-9-11-15(2)23(18)33)31(20-13-16(20)3)25(35)19(14-21(28)32)30-26(36)37-27(5,6)7/h9,11-12,16-17,19-20,22,33H,8,10,13-14H2,1-7H3,(H2,28,32)(H,29,34)(H,30,36). The van der Waals surface area contributed by atoms with Crippen molar-refractivity contribution >= 4 is 23.8 Å². The maximum absolute atomic E-state index is 14.0. The van der Waals surface area contributed by atoms with Gasteiger partial charge in [0, 0.05) is 17.6 Å². The maximum atomic E-state index is 14.0. The summed E-state index contributed by atoms with van der Waals surface area (Å²) in [6.07, 6.45) is 0.853. The predicted molar refractivity (Wildman–Crippen MR) is 139 cm³/mol. The number of carbonyl (C=O) groups is 4. The van der Waals surface area contributed by atoms with Crippen molar-refractivity contribution in [1.29, 1.82) is 0 Å². The number of para-hydroxylation sites is 1. The van der Waals surface area contributed by atoms with Gasteiger partial charge in [0.15, 0.2) is 0 Å². The Labute approximate surface area is 219 Å². The molecule has 37 heavy (non-hydrogen) atoms. The number of aryl methyl sites for hydroxylation is 1. The molecule has 0 radical (unpaired) electrons. The Bertz CT molecular complexity index is 1010. The van der Waals surface area contributed by atoms with Gasteiger partial charge in [0.1, 0.15) is 23.4 Å². The molecule has 1 aromatic rings. The van der Waals surface area contributed by atoms with Crippen LogP contribution in [0.4, 0.5) is 4.79 Å². The lowest BCUT2D eigenvalue weighted by molar-refractivity contribution is -0.144. The predicted octanol–water partition coefficient (Wildman–Crippen LogP) is 3.05. The minimum absolute atomic E-state index is 0.0787. The second-order valence-electron chi connectivity index (χ2n) is 11.0. The number of aromatic hydroxyl groups is 1. The third-order valence-electron chi connectivity index (χ3n) is 6.27. The maximum Gasteiger partial charge on any atom is 0.408 e. The third kappa shape index (κ3) is 8.36. The Morgan fingerprint density at radius 2 is 1.84 bits per heavy atom. The van der Waals surface area contributed by atoms with E-state index in [1.807, 2.05) is 20.8 Å². The second kappa shape index (κ2) is 12.3. The van der Waals surface area contributed by atoms with Crippen LogP contribution in [0.5, 0.6) is 5.75 Å². The smallest absolute Gasteiger partial charge is 0.408 e. The molecule has 5 atom stereocenters. The zero-order valence-corrected chi connectivity index (χ0v) is 23.0. The molecule has 10 heteroatoms. The van der Waals surface area contributed by atoms with Crippen molar-refractivity contribution in [2.75, 3.05) is 0 Å². The number of benzene rings is 1. The zero-order valence-electron chi connectivity index (χ0n) is 23.0. The summed E-state index contributed by atoms with van der Waals surface area (Å²) in [5, 5.41) is 16.4. The monoisotopic (exact) mass is 518 g/mol. The average molecular weight is 519 g/mol. The first kappa shape index (κ1) is 29.9. The van der Waals surface area contributed by atoms with Crippen LogP contribution in [0.1, 0.15) is 84.4 Å². The third-order valence-corrected chi connectivity index (χ3v) is 6.27. The van der Waals surface area contributed by atoms with E-state index in [0.717, 1.165) is 12.8 Å². The molecular formula is C27H42N4O6. The Balaban J connectivity index is 2.55. The molecule has 206 valence electrons. The van der Waals surface area contributed by atoms with Crippen LogP contribution >= 0.6 is 0 Å². The van der Waals surface area contributed by atoms with Gasteiger partial charge >= 0.3 is 6.09 Å². The van der Waals surface area contributed by atoms with E-state index in [0.29, 0.717) is 12.0 Å². The molecule has 0 bridgehead atoms. The lowest BCUT2D eigenvalue weighted by atomic mass is 9.98. The van der Waals surface area contributed by atoms with Gasteiger partial charge in [0.2, 0.25) is 17.7 Å². The van der Waals surface area contributed by atoms with Gasteiger partial charge in [-0.25, -0.2) is 4.79 Å². The van der Waals surface area contributed by atoms with Crippen molar-refractivity contribution in [3.05, 3.63) is 29.3 Å². The molecule has 1 aliphatic rings. The lowest BCUT2D eigenvalue weighted by Gasteiger charge is -2.35. The van der Waals surface area contributed by atoms with Crippen molar-refractivity contribution < 1.29 is 29.0 Å². The average Bonchev–Trinajstić information content (AvgIpc) is 3.47. The van der Waals surface area contributed by atoms with E-state index in [1.54, 1.807) is 45.9 Å². The van der Waals surface area contributed by atoms with Gasteiger partial charge in [0.25, 0.3) is 0 Å². The number of primary amides is 1. The molecule has 0 spiro atoms. The number of rotatable bonds is 11. The number of nitrogens with two attached hydrogens (primary N) is 1. The number of phenolic OH excluding ortho intramolecular Hbond substituents is 1. The van der Waals surface area contributed by atoms with Crippen LogP contribution in [-0.2, 0) is 19.1 Å². The number of amides is 4. The molecule has 0 aliphatic heterocycles. The fourth-order valence-electron chi connectivity index (χ4n) is 4.35. The van der Waals surface area contributed by atoms with E-state index in [4.69, 9.17) is 10.5 Å². The molecule has 1 aromatic carbocycles. The molecule has 2 rings (SSSR count). The van der Waals surface area contributed by atoms with Crippen LogP contribution in [0.2, 0.25) is 0 Å². The first-order valence-corrected chi connectivity index (χ1v) is 12.8. The minimum Gasteiger partial charge on any atom is -0.507 e. The summed E-state index contributed by atoms with van der Waals surface area (Å²) in [7, 11) is 0. The molecule has 4 amide bonds. The summed E-state index contributed by atoms with van der Waals surface area (Å²) in [6, 6.07) is 1.99. The Morgan fingerprint density at radius 1 is 1.22 bits per heavy atom. The summed E-state index contributed by atoms with van der Waals surface area (Å²) in [4.78, 5) is 53.5. The normalized spacial score (nSPS) is 19.2. The number of phenols is 1. The Hall–Kier alpha value is -3.30. The van der Waals surface area contributed by atoms with Crippen LogP contribution in [0.3, 0.4) is 0 Å². The molecule has 1 aliphatic carbocycles. The topological polar surface area (TPSA) is 151 Å². The van der Waals surface area contributed by atoms with Crippen molar-refractivity contribution in [3.63, 3.8) is 0 Å². The van der Waals surface area contributed by atoms with Crippen molar-refractivity contribution in [1.82, 2.24) is 15.5 Å².